The van der Waals surface area contributed by atoms with E-state index in [0.717, 1.165) is 30.6 Å². The highest BCUT2D eigenvalue weighted by molar-refractivity contribution is 5.81. The molecule has 0 radical (unpaired) electrons. The quantitative estimate of drug-likeness (QED) is 0.803. The lowest BCUT2D eigenvalue weighted by Gasteiger charge is -2.22. The molecule has 0 unspecified atom stereocenters. The van der Waals surface area contributed by atoms with Crippen molar-refractivity contribution in [2.24, 2.45) is 0 Å². The number of carbonyl (C=O) groups excluding carboxylic acids is 1. The van der Waals surface area contributed by atoms with Crippen LogP contribution in [0.4, 0.5) is 0 Å². The van der Waals surface area contributed by atoms with Crippen LogP contribution in [0, 0.1) is 6.92 Å². The smallest absolute Gasteiger partial charge is 0.261 e. The van der Waals surface area contributed by atoms with Gasteiger partial charge in [-0.05, 0) is 74.8 Å². The number of amides is 1. The van der Waals surface area contributed by atoms with E-state index in [0.29, 0.717) is 0 Å². The van der Waals surface area contributed by atoms with Gasteiger partial charge in [0.05, 0.1) is 6.04 Å². The monoisotopic (exact) mass is 351 g/mol. The Morgan fingerprint density at radius 2 is 1.77 bits per heavy atom. The van der Waals surface area contributed by atoms with Gasteiger partial charge in [0.1, 0.15) is 5.75 Å². The molecule has 0 saturated heterocycles. The number of aryl methyl sites for hydroxylation is 3. The minimum atomic E-state index is -0.517. The van der Waals surface area contributed by atoms with Crippen LogP contribution in [-0.2, 0) is 17.6 Å². The Morgan fingerprint density at radius 1 is 1.08 bits per heavy atom. The highest BCUT2D eigenvalue weighted by Gasteiger charge is 2.20. The molecule has 1 aliphatic rings. The molecule has 3 rings (SSSR count). The first-order valence-electron chi connectivity index (χ1n) is 9.72. The van der Waals surface area contributed by atoms with Crippen LogP contribution in [0.15, 0.2) is 42.5 Å². The number of fused-ring (bicyclic) bond motifs is 1. The van der Waals surface area contributed by atoms with Gasteiger partial charge in [-0.1, -0.05) is 42.8 Å². The molecule has 0 fully saturated rings. The zero-order chi connectivity index (χ0) is 18.5. The average molecular weight is 351 g/mol. The number of benzene rings is 2. The lowest BCUT2D eigenvalue weighted by Crippen LogP contribution is -2.38. The summed E-state index contributed by atoms with van der Waals surface area (Å²) >= 11 is 0. The van der Waals surface area contributed by atoms with Gasteiger partial charge in [-0.2, -0.15) is 0 Å². The predicted octanol–water partition coefficient (Wildman–Crippen LogP) is 4.91. The summed E-state index contributed by atoms with van der Waals surface area (Å²) in [6.07, 6.45) is 5.10. The third-order valence-corrected chi connectivity index (χ3v) is 5.21. The van der Waals surface area contributed by atoms with Crippen LogP contribution in [-0.4, -0.2) is 12.0 Å². The summed E-state index contributed by atoms with van der Waals surface area (Å²) in [4.78, 5) is 12.6. The first-order valence-corrected chi connectivity index (χ1v) is 9.72. The molecule has 138 valence electrons. The minimum absolute atomic E-state index is 0.0117. The van der Waals surface area contributed by atoms with Gasteiger partial charge in [-0.15, -0.1) is 0 Å². The fourth-order valence-corrected chi connectivity index (χ4v) is 3.55. The molecule has 0 spiro atoms. The van der Waals surface area contributed by atoms with E-state index in [1.165, 1.54) is 29.5 Å². The van der Waals surface area contributed by atoms with Crippen molar-refractivity contribution < 1.29 is 9.53 Å². The Labute approximate surface area is 156 Å². The van der Waals surface area contributed by atoms with Crippen molar-refractivity contribution in [3.8, 4) is 5.75 Å². The second kappa shape index (κ2) is 8.39. The summed E-state index contributed by atoms with van der Waals surface area (Å²) in [6.45, 7) is 5.97. The molecule has 1 amide bonds. The molecule has 0 saturated carbocycles. The molecule has 3 nitrogen and oxygen atoms in total. The zero-order valence-corrected chi connectivity index (χ0v) is 16.0. The van der Waals surface area contributed by atoms with Crippen molar-refractivity contribution in [1.29, 1.82) is 0 Å². The second-order valence-corrected chi connectivity index (χ2v) is 7.28. The predicted molar refractivity (Wildman–Crippen MR) is 106 cm³/mol. The third kappa shape index (κ3) is 4.46. The van der Waals surface area contributed by atoms with Gasteiger partial charge >= 0.3 is 0 Å². The Kier molecular flexibility index (Phi) is 5.97. The Bertz CT molecular complexity index is 751. The summed E-state index contributed by atoms with van der Waals surface area (Å²) in [5.74, 6) is 0.715. The van der Waals surface area contributed by atoms with Crippen molar-refractivity contribution >= 4 is 5.91 Å². The summed E-state index contributed by atoms with van der Waals surface area (Å²) < 4.78 is 5.93. The number of rotatable bonds is 6. The van der Waals surface area contributed by atoms with E-state index in [2.05, 4.69) is 55.6 Å². The largest absolute Gasteiger partial charge is 0.481 e. The standard InChI is InChI=1S/C23H29NO2/c1-4-22(19-11-9-16(2)10-12-19)24-23(25)17(3)26-21-14-13-18-7-5-6-8-20(18)15-21/h9-15,17,22H,4-8H2,1-3H3,(H,24,25)/t17-,22+/m1/s1. The molecule has 0 aromatic heterocycles. The number of ether oxygens (including phenoxy) is 1. The lowest BCUT2D eigenvalue weighted by molar-refractivity contribution is -0.128. The Hall–Kier alpha value is -2.29. The molecule has 0 heterocycles. The van der Waals surface area contributed by atoms with Crippen LogP contribution in [0.3, 0.4) is 0 Å². The summed E-state index contributed by atoms with van der Waals surface area (Å²) in [7, 11) is 0. The average Bonchev–Trinajstić information content (AvgIpc) is 2.66. The van der Waals surface area contributed by atoms with Crippen LogP contribution in [0.2, 0.25) is 0 Å². The maximum absolute atomic E-state index is 12.6. The van der Waals surface area contributed by atoms with E-state index in [1.807, 2.05) is 13.0 Å². The Balaban J connectivity index is 1.62. The van der Waals surface area contributed by atoms with Crippen LogP contribution >= 0.6 is 0 Å². The number of hydrogen-bond donors (Lipinski definition) is 1. The fraction of sp³-hybridized carbons (Fsp3) is 0.435. The molecule has 2 atom stereocenters. The normalized spacial score (nSPS) is 15.7. The maximum Gasteiger partial charge on any atom is 0.261 e. The molecule has 2 aromatic rings. The molecular weight excluding hydrogens is 322 g/mol. The van der Waals surface area contributed by atoms with E-state index >= 15 is 0 Å². The van der Waals surface area contributed by atoms with E-state index in [9.17, 15) is 4.79 Å². The van der Waals surface area contributed by atoms with E-state index in [4.69, 9.17) is 4.74 Å². The molecular formula is C23H29NO2. The van der Waals surface area contributed by atoms with Gasteiger partial charge in [0, 0.05) is 0 Å². The highest BCUT2D eigenvalue weighted by atomic mass is 16.5. The van der Waals surface area contributed by atoms with Crippen molar-refractivity contribution in [3.63, 3.8) is 0 Å². The molecule has 1 aliphatic carbocycles. The highest BCUT2D eigenvalue weighted by Crippen LogP contribution is 2.26. The second-order valence-electron chi connectivity index (χ2n) is 7.28. The van der Waals surface area contributed by atoms with Gasteiger partial charge in [-0.3, -0.25) is 4.79 Å². The number of hydrogen-bond acceptors (Lipinski definition) is 2. The van der Waals surface area contributed by atoms with Crippen LogP contribution < -0.4 is 10.1 Å². The minimum Gasteiger partial charge on any atom is -0.481 e. The van der Waals surface area contributed by atoms with E-state index in [1.54, 1.807) is 0 Å². The summed E-state index contributed by atoms with van der Waals surface area (Å²) in [5, 5.41) is 3.12. The molecule has 1 N–H and O–H groups in total. The van der Waals surface area contributed by atoms with Crippen molar-refractivity contribution in [2.75, 3.05) is 0 Å². The molecule has 0 bridgehead atoms. The Morgan fingerprint density at radius 3 is 2.46 bits per heavy atom. The summed E-state index contributed by atoms with van der Waals surface area (Å²) in [5.41, 5.74) is 5.14. The maximum atomic E-state index is 12.6. The van der Waals surface area contributed by atoms with Crippen molar-refractivity contribution in [3.05, 3.63) is 64.7 Å². The van der Waals surface area contributed by atoms with E-state index in [-0.39, 0.29) is 11.9 Å². The van der Waals surface area contributed by atoms with Crippen molar-refractivity contribution in [1.82, 2.24) is 5.32 Å². The molecule has 3 heteroatoms. The topological polar surface area (TPSA) is 38.3 Å². The summed E-state index contributed by atoms with van der Waals surface area (Å²) in [6, 6.07) is 14.6. The third-order valence-electron chi connectivity index (χ3n) is 5.21. The fourth-order valence-electron chi connectivity index (χ4n) is 3.55. The lowest BCUT2D eigenvalue weighted by atomic mass is 9.92. The van der Waals surface area contributed by atoms with Gasteiger partial charge in [0.15, 0.2) is 6.10 Å². The molecule has 26 heavy (non-hydrogen) atoms. The number of nitrogens with one attached hydrogen (secondary N) is 1. The van der Waals surface area contributed by atoms with E-state index < -0.39 is 6.10 Å². The number of carbonyl (C=O) groups is 1. The molecule has 2 aromatic carbocycles. The first kappa shape index (κ1) is 18.5. The molecule has 0 aliphatic heterocycles. The van der Waals surface area contributed by atoms with Gasteiger partial charge in [0.2, 0.25) is 0 Å². The van der Waals surface area contributed by atoms with Crippen molar-refractivity contribution in [2.45, 2.75) is 65.0 Å². The van der Waals surface area contributed by atoms with Crippen LogP contribution in [0.25, 0.3) is 0 Å². The zero-order valence-electron chi connectivity index (χ0n) is 16.0. The van der Waals surface area contributed by atoms with Crippen LogP contribution in [0.1, 0.15) is 61.4 Å². The van der Waals surface area contributed by atoms with Crippen LogP contribution in [0.5, 0.6) is 5.75 Å². The SMILES string of the molecule is CC[C@H](NC(=O)[C@@H](C)Oc1ccc2c(c1)CCCC2)c1ccc(C)cc1. The first-order chi connectivity index (χ1) is 12.6. The van der Waals surface area contributed by atoms with Gasteiger partial charge < -0.3 is 10.1 Å². The van der Waals surface area contributed by atoms with Gasteiger partial charge in [-0.25, -0.2) is 0 Å². The van der Waals surface area contributed by atoms with Gasteiger partial charge in [0.25, 0.3) is 5.91 Å².